The molecule has 0 aliphatic heterocycles. The van der Waals surface area contributed by atoms with Gasteiger partial charge in [-0.25, -0.2) is 8.78 Å². The zero-order valence-corrected chi connectivity index (χ0v) is 6.08. The summed E-state index contributed by atoms with van der Waals surface area (Å²) in [5, 5.41) is 0. The molecule has 0 aromatic heterocycles. The molecule has 0 fully saturated rings. The van der Waals surface area contributed by atoms with Gasteiger partial charge in [0.1, 0.15) is 0 Å². The second-order valence-corrected chi connectivity index (χ2v) is 2.47. The van der Waals surface area contributed by atoms with E-state index in [9.17, 15) is 22.0 Å². The van der Waals surface area contributed by atoms with Gasteiger partial charge >= 0.3 is 6.18 Å². The van der Waals surface area contributed by atoms with Crippen molar-refractivity contribution in [3.63, 3.8) is 0 Å². The fourth-order valence-corrected chi connectivity index (χ4v) is 0.551. The lowest BCUT2D eigenvalue weighted by molar-refractivity contribution is -0.185. The van der Waals surface area contributed by atoms with Gasteiger partial charge in [-0.15, -0.1) is 0 Å². The third-order valence-corrected chi connectivity index (χ3v) is 1.17. The monoisotopic (exact) mass is 260 g/mol. The Morgan fingerprint density at radius 3 is 1.44 bits per heavy atom. The topological polar surface area (TPSA) is 0 Å². The first-order valence-corrected chi connectivity index (χ1v) is 3.09. The summed E-state index contributed by atoms with van der Waals surface area (Å²) in [7, 11) is 0. The normalized spacial score (nSPS) is 19.3. The Balaban J connectivity index is 3.88. The maximum absolute atomic E-state index is 11.5. The van der Waals surface area contributed by atoms with Crippen LogP contribution < -0.4 is 0 Å². The molecule has 0 nitrogen and oxygen atoms in total. The van der Waals surface area contributed by atoms with E-state index in [-0.39, 0.29) is 0 Å². The first-order chi connectivity index (χ1) is 3.85. The predicted molar refractivity (Wildman–Crippen MR) is 29.9 cm³/mol. The van der Waals surface area contributed by atoms with Gasteiger partial charge in [-0.3, -0.25) is 0 Å². The minimum Gasteiger partial charge on any atom is -0.233 e. The molecule has 2 unspecified atom stereocenters. The highest BCUT2D eigenvalue weighted by Crippen LogP contribution is 2.29. The molecule has 6 heteroatoms. The van der Waals surface area contributed by atoms with Gasteiger partial charge in [0.2, 0.25) is 6.17 Å². The lowest BCUT2D eigenvalue weighted by Crippen LogP contribution is -2.30. The summed E-state index contributed by atoms with van der Waals surface area (Å²) in [5.74, 6) is 0. The van der Waals surface area contributed by atoms with E-state index in [4.69, 9.17) is 0 Å². The smallest absolute Gasteiger partial charge is 0.233 e. The third kappa shape index (κ3) is 3.17. The van der Waals surface area contributed by atoms with E-state index in [0.29, 0.717) is 0 Å². The van der Waals surface area contributed by atoms with E-state index in [2.05, 4.69) is 0 Å². The molecule has 0 heterocycles. The number of hydrogen-bond acceptors (Lipinski definition) is 0. The van der Waals surface area contributed by atoms with Crippen molar-refractivity contribution in [3.05, 3.63) is 0 Å². The Hall–Kier alpha value is 0.380. The highest BCUT2D eigenvalue weighted by molar-refractivity contribution is 14.1. The van der Waals surface area contributed by atoms with E-state index in [0.717, 1.165) is 22.6 Å². The average molecular weight is 260 g/mol. The molecule has 0 saturated carbocycles. The van der Waals surface area contributed by atoms with Gasteiger partial charge in [-0.2, -0.15) is 13.2 Å². The number of halogens is 6. The minimum atomic E-state index is -5.07. The molecule has 0 amide bonds. The molecule has 0 aliphatic carbocycles. The van der Waals surface area contributed by atoms with Crippen LogP contribution in [0.1, 0.15) is 0 Å². The van der Waals surface area contributed by atoms with Crippen molar-refractivity contribution >= 4 is 22.6 Å². The quantitative estimate of drug-likeness (QED) is 0.386. The molecule has 56 valence electrons. The first kappa shape index (κ1) is 9.38. The second-order valence-electron chi connectivity index (χ2n) is 1.28. The predicted octanol–water partition coefficient (Wildman–Crippen LogP) is 2.62. The molecule has 0 spiro atoms. The van der Waals surface area contributed by atoms with E-state index in [1.807, 2.05) is 0 Å². The summed E-state index contributed by atoms with van der Waals surface area (Å²) in [6, 6.07) is 0. The zero-order chi connectivity index (χ0) is 7.65. The van der Waals surface area contributed by atoms with Gasteiger partial charge in [-0.1, -0.05) is 0 Å². The summed E-state index contributed by atoms with van der Waals surface area (Å²) in [5.41, 5.74) is 0. The molecule has 0 aromatic carbocycles. The Morgan fingerprint density at radius 2 is 1.44 bits per heavy atom. The first-order valence-electron chi connectivity index (χ1n) is 1.84. The molecule has 0 saturated heterocycles. The lowest BCUT2D eigenvalue weighted by atomic mass is 10.4. The highest BCUT2D eigenvalue weighted by Gasteiger charge is 2.44. The van der Waals surface area contributed by atoms with Crippen LogP contribution in [0, 0.1) is 0 Å². The maximum Gasteiger partial charge on any atom is 0.423 e. The molecule has 2 atom stereocenters. The maximum atomic E-state index is 11.5. The van der Waals surface area contributed by atoms with E-state index in [1.165, 1.54) is 0 Å². The van der Waals surface area contributed by atoms with Crippen molar-refractivity contribution in [2.75, 3.05) is 0 Å². The van der Waals surface area contributed by atoms with Gasteiger partial charge in [-0.05, 0) is 22.6 Å². The molecule has 0 radical (unpaired) electrons. The van der Waals surface area contributed by atoms with Crippen LogP contribution in [0.5, 0.6) is 0 Å². The van der Waals surface area contributed by atoms with Crippen molar-refractivity contribution < 1.29 is 22.0 Å². The van der Waals surface area contributed by atoms with E-state index >= 15 is 0 Å². The molecule has 0 aromatic rings. The van der Waals surface area contributed by atoms with Gasteiger partial charge in [0.15, 0.2) is 4.18 Å². The van der Waals surface area contributed by atoms with Crippen molar-refractivity contribution in [3.8, 4) is 0 Å². The molecular formula is C3H2F5I. The SMILES string of the molecule is FC(I)C(F)C(F)(F)F. The van der Waals surface area contributed by atoms with Gasteiger partial charge in [0.25, 0.3) is 0 Å². The van der Waals surface area contributed by atoms with Crippen LogP contribution in [0.3, 0.4) is 0 Å². The van der Waals surface area contributed by atoms with Crippen molar-refractivity contribution in [2.24, 2.45) is 0 Å². The third-order valence-electron chi connectivity index (χ3n) is 0.534. The molecule has 0 N–H and O–H groups in total. The van der Waals surface area contributed by atoms with Crippen molar-refractivity contribution in [2.45, 2.75) is 16.5 Å². The van der Waals surface area contributed by atoms with Crippen LogP contribution in [0.25, 0.3) is 0 Å². The number of hydrogen-bond donors (Lipinski definition) is 0. The van der Waals surface area contributed by atoms with Crippen LogP contribution in [0.4, 0.5) is 22.0 Å². The summed E-state index contributed by atoms with van der Waals surface area (Å²) in [6.45, 7) is 0. The second kappa shape index (κ2) is 2.98. The Labute approximate surface area is 61.6 Å². The molecule has 0 bridgehead atoms. The average Bonchev–Trinajstić information content (AvgIpc) is 1.62. The highest BCUT2D eigenvalue weighted by atomic mass is 127. The fraction of sp³-hybridized carbons (Fsp3) is 1.00. The molecule has 0 rings (SSSR count). The van der Waals surface area contributed by atoms with Gasteiger partial charge in [0, 0.05) is 0 Å². The zero-order valence-electron chi connectivity index (χ0n) is 3.92. The molecule has 0 aliphatic rings. The van der Waals surface area contributed by atoms with Gasteiger partial charge in [0.05, 0.1) is 0 Å². The molecule has 9 heavy (non-hydrogen) atoms. The van der Waals surface area contributed by atoms with E-state index < -0.39 is 16.5 Å². The Morgan fingerprint density at radius 1 is 1.11 bits per heavy atom. The number of alkyl halides is 6. The van der Waals surface area contributed by atoms with Crippen LogP contribution in [-0.4, -0.2) is 16.5 Å². The number of rotatable bonds is 1. The fourth-order valence-electron chi connectivity index (χ4n) is 0.143. The largest absolute Gasteiger partial charge is 0.423 e. The minimum absolute atomic E-state index is 0.732. The van der Waals surface area contributed by atoms with E-state index in [1.54, 1.807) is 0 Å². The van der Waals surface area contributed by atoms with Crippen LogP contribution in [0.2, 0.25) is 0 Å². The van der Waals surface area contributed by atoms with Crippen molar-refractivity contribution in [1.29, 1.82) is 0 Å². The lowest BCUT2D eigenvalue weighted by Gasteiger charge is -2.10. The summed E-state index contributed by atoms with van der Waals surface area (Å²) in [4.78, 5) is 0. The van der Waals surface area contributed by atoms with Crippen LogP contribution >= 0.6 is 22.6 Å². The molecular weight excluding hydrogens is 258 g/mol. The summed E-state index contributed by atoms with van der Waals surface area (Å²) < 4.78 is 53.7. The van der Waals surface area contributed by atoms with Crippen molar-refractivity contribution in [1.82, 2.24) is 0 Å². The van der Waals surface area contributed by atoms with Gasteiger partial charge < -0.3 is 0 Å². The Bertz CT molecular complexity index is 86.7. The van der Waals surface area contributed by atoms with Crippen LogP contribution in [0.15, 0.2) is 0 Å². The Kier molecular flexibility index (Phi) is 3.10. The van der Waals surface area contributed by atoms with Crippen LogP contribution in [-0.2, 0) is 0 Å². The summed E-state index contributed by atoms with van der Waals surface area (Å²) >= 11 is 0.732. The summed E-state index contributed by atoms with van der Waals surface area (Å²) in [6.07, 6.45) is -8.43. The standard InChI is InChI=1S/C3H2F5I/c4-1(2(5)9)3(6,7)8/h1-2H.